The summed E-state index contributed by atoms with van der Waals surface area (Å²) >= 11 is 0. The first kappa shape index (κ1) is 19.1. The largest absolute Gasteiger partial charge is 0.291 e. The van der Waals surface area contributed by atoms with Crippen molar-refractivity contribution in [3.8, 4) is 0 Å². The summed E-state index contributed by atoms with van der Waals surface area (Å²) in [4.78, 5) is 2.40. The molecule has 2 unspecified atom stereocenters. The van der Waals surface area contributed by atoms with Gasteiger partial charge in [-0.25, -0.2) is 8.42 Å². The summed E-state index contributed by atoms with van der Waals surface area (Å²) in [5.74, 6) is 0.0811. The van der Waals surface area contributed by atoms with E-state index in [-0.39, 0.29) is 17.8 Å². The van der Waals surface area contributed by atoms with Crippen LogP contribution in [0.3, 0.4) is 0 Å². The lowest BCUT2D eigenvalue weighted by molar-refractivity contribution is 0.0698. The molecule has 0 amide bonds. The zero-order valence-electron chi connectivity index (χ0n) is 15.8. The third kappa shape index (κ3) is 4.34. The molecule has 1 aliphatic rings. The fourth-order valence-electron chi connectivity index (χ4n) is 3.70. The smallest absolute Gasteiger partial charge is 0.218 e. The molecule has 140 valence electrons. The maximum Gasteiger partial charge on any atom is 0.218 e. The lowest BCUT2D eigenvalue weighted by atomic mass is 10.1. The molecule has 1 saturated heterocycles. The van der Waals surface area contributed by atoms with E-state index in [0.29, 0.717) is 13.1 Å². The maximum atomic E-state index is 13.0. The van der Waals surface area contributed by atoms with Crippen LogP contribution in [-0.2, 0) is 22.3 Å². The summed E-state index contributed by atoms with van der Waals surface area (Å²) in [5, 5.41) is 0. The second-order valence-corrected chi connectivity index (χ2v) is 9.32. The Morgan fingerprint density at radius 2 is 1.50 bits per heavy atom. The van der Waals surface area contributed by atoms with Crippen LogP contribution in [0, 0.1) is 6.92 Å². The molecular formula is C21H28N2O2S. The summed E-state index contributed by atoms with van der Waals surface area (Å²) in [6, 6.07) is 18.5. The molecule has 2 atom stereocenters. The van der Waals surface area contributed by atoms with Crippen LogP contribution in [0.25, 0.3) is 0 Å². The molecule has 0 aliphatic carbocycles. The number of aryl methyl sites for hydroxylation is 1. The van der Waals surface area contributed by atoms with Crippen molar-refractivity contribution in [3.63, 3.8) is 0 Å². The fraction of sp³-hybridized carbons (Fsp3) is 0.429. The van der Waals surface area contributed by atoms with Crippen molar-refractivity contribution >= 4 is 10.0 Å². The molecule has 1 aliphatic heterocycles. The van der Waals surface area contributed by atoms with Crippen LogP contribution in [0.1, 0.15) is 30.5 Å². The zero-order chi connectivity index (χ0) is 18.7. The van der Waals surface area contributed by atoms with E-state index in [1.54, 1.807) is 4.31 Å². The van der Waals surface area contributed by atoms with Gasteiger partial charge in [-0.2, -0.15) is 4.31 Å². The van der Waals surface area contributed by atoms with Gasteiger partial charge < -0.3 is 0 Å². The van der Waals surface area contributed by atoms with Crippen LogP contribution in [0.15, 0.2) is 54.6 Å². The average molecular weight is 373 g/mol. The lowest BCUT2D eigenvalue weighted by Crippen LogP contribution is -2.57. The van der Waals surface area contributed by atoms with Crippen molar-refractivity contribution in [2.24, 2.45) is 0 Å². The minimum atomic E-state index is -3.31. The molecule has 0 radical (unpaired) electrons. The Morgan fingerprint density at radius 1 is 0.923 bits per heavy atom. The van der Waals surface area contributed by atoms with E-state index < -0.39 is 10.0 Å². The van der Waals surface area contributed by atoms with Crippen molar-refractivity contribution in [3.05, 3.63) is 71.3 Å². The van der Waals surface area contributed by atoms with E-state index in [4.69, 9.17) is 0 Å². The minimum absolute atomic E-state index is 0.0811. The van der Waals surface area contributed by atoms with E-state index >= 15 is 0 Å². The van der Waals surface area contributed by atoms with Gasteiger partial charge in [-0.05, 0) is 37.5 Å². The first-order chi connectivity index (χ1) is 12.4. The number of sulfonamides is 1. The molecule has 0 aromatic heterocycles. The predicted octanol–water partition coefficient (Wildman–Crippen LogP) is 3.42. The van der Waals surface area contributed by atoms with Crippen molar-refractivity contribution in [2.45, 2.75) is 45.2 Å². The maximum absolute atomic E-state index is 13.0. The van der Waals surface area contributed by atoms with Gasteiger partial charge >= 0.3 is 0 Å². The average Bonchev–Trinajstić information content (AvgIpc) is 2.61. The van der Waals surface area contributed by atoms with Gasteiger partial charge in [0.1, 0.15) is 0 Å². The molecule has 3 rings (SSSR count). The van der Waals surface area contributed by atoms with E-state index in [1.807, 2.05) is 49.4 Å². The van der Waals surface area contributed by atoms with E-state index in [9.17, 15) is 8.42 Å². The van der Waals surface area contributed by atoms with Crippen molar-refractivity contribution in [1.29, 1.82) is 0 Å². The summed E-state index contributed by atoms with van der Waals surface area (Å²) in [7, 11) is -3.31. The zero-order valence-corrected chi connectivity index (χ0v) is 16.6. The molecule has 2 aromatic rings. The summed E-state index contributed by atoms with van der Waals surface area (Å²) < 4.78 is 27.6. The van der Waals surface area contributed by atoms with Crippen LogP contribution >= 0.6 is 0 Å². The van der Waals surface area contributed by atoms with Crippen LogP contribution in [0.5, 0.6) is 0 Å². The summed E-state index contributed by atoms with van der Waals surface area (Å²) in [6.07, 6.45) is 0. The molecular weight excluding hydrogens is 344 g/mol. The predicted molar refractivity (Wildman–Crippen MR) is 106 cm³/mol. The second-order valence-electron chi connectivity index (χ2n) is 7.36. The number of piperazine rings is 1. The highest BCUT2D eigenvalue weighted by Crippen LogP contribution is 2.23. The minimum Gasteiger partial charge on any atom is -0.291 e. The van der Waals surface area contributed by atoms with Gasteiger partial charge in [-0.3, -0.25) is 4.90 Å². The highest BCUT2D eigenvalue weighted by Gasteiger charge is 2.35. The van der Waals surface area contributed by atoms with Crippen molar-refractivity contribution in [2.75, 3.05) is 13.1 Å². The highest BCUT2D eigenvalue weighted by molar-refractivity contribution is 7.88. The Bertz CT molecular complexity index is 824. The topological polar surface area (TPSA) is 40.6 Å². The van der Waals surface area contributed by atoms with E-state index in [2.05, 4.69) is 30.9 Å². The Hall–Kier alpha value is -1.69. The molecule has 0 N–H and O–H groups in total. The quantitative estimate of drug-likeness (QED) is 0.807. The van der Waals surface area contributed by atoms with E-state index in [1.165, 1.54) is 5.56 Å². The number of rotatable bonds is 5. The van der Waals surface area contributed by atoms with Crippen molar-refractivity contribution < 1.29 is 8.42 Å². The van der Waals surface area contributed by atoms with Crippen LogP contribution in [0.4, 0.5) is 0 Å². The summed E-state index contributed by atoms with van der Waals surface area (Å²) in [5.41, 5.74) is 3.18. The first-order valence-corrected chi connectivity index (χ1v) is 10.8. The molecule has 4 nitrogen and oxygen atoms in total. The van der Waals surface area contributed by atoms with Gasteiger partial charge in [-0.1, -0.05) is 54.6 Å². The SMILES string of the molecule is Cc1ccccc1CS(=O)(=O)N1CC(C)N(Cc2ccccc2)C(C)C1. The Balaban J connectivity index is 1.71. The highest BCUT2D eigenvalue weighted by atomic mass is 32.2. The lowest BCUT2D eigenvalue weighted by Gasteiger charge is -2.44. The molecule has 0 bridgehead atoms. The summed E-state index contributed by atoms with van der Waals surface area (Å²) in [6.45, 7) is 8.16. The number of benzene rings is 2. The van der Waals surface area contributed by atoms with Gasteiger partial charge in [0.2, 0.25) is 10.0 Å². The van der Waals surface area contributed by atoms with Gasteiger partial charge in [0.25, 0.3) is 0 Å². The number of nitrogens with zero attached hydrogens (tertiary/aromatic N) is 2. The molecule has 0 spiro atoms. The normalized spacial score (nSPS) is 22.4. The number of hydrogen-bond acceptors (Lipinski definition) is 3. The van der Waals surface area contributed by atoms with Gasteiger partial charge in [0.15, 0.2) is 0 Å². The van der Waals surface area contributed by atoms with Gasteiger partial charge in [0.05, 0.1) is 5.75 Å². The Labute approximate surface area is 157 Å². The third-order valence-corrected chi connectivity index (χ3v) is 7.03. The molecule has 2 aromatic carbocycles. The number of hydrogen-bond donors (Lipinski definition) is 0. The van der Waals surface area contributed by atoms with Crippen LogP contribution in [-0.4, -0.2) is 42.8 Å². The molecule has 1 heterocycles. The first-order valence-electron chi connectivity index (χ1n) is 9.19. The standard InChI is InChI=1S/C21H28N2O2S/c1-17-9-7-8-12-21(17)16-26(24,25)22-13-18(2)23(19(3)14-22)15-20-10-5-4-6-11-20/h4-12,18-19H,13-16H2,1-3H3. The van der Waals surface area contributed by atoms with Crippen LogP contribution in [0.2, 0.25) is 0 Å². The Kier molecular flexibility index (Phi) is 5.80. The van der Waals surface area contributed by atoms with Crippen LogP contribution < -0.4 is 0 Å². The van der Waals surface area contributed by atoms with Gasteiger partial charge in [-0.15, -0.1) is 0 Å². The van der Waals surface area contributed by atoms with Crippen molar-refractivity contribution in [1.82, 2.24) is 9.21 Å². The molecule has 1 fully saturated rings. The monoisotopic (exact) mass is 372 g/mol. The fourth-order valence-corrected chi connectivity index (χ4v) is 5.49. The second kappa shape index (κ2) is 7.91. The third-order valence-electron chi connectivity index (χ3n) is 5.27. The van der Waals surface area contributed by atoms with Gasteiger partial charge in [0, 0.05) is 31.7 Å². The molecule has 26 heavy (non-hydrogen) atoms. The molecule has 5 heteroatoms. The Morgan fingerprint density at radius 3 is 2.12 bits per heavy atom. The molecule has 0 saturated carbocycles. The van der Waals surface area contributed by atoms with E-state index in [0.717, 1.165) is 17.7 Å².